The van der Waals surface area contributed by atoms with Crippen LogP contribution in [0.4, 0.5) is 0 Å². The second-order valence-electron chi connectivity index (χ2n) is 5.11. The highest BCUT2D eigenvalue weighted by atomic mass is 16.5. The van der Waals surface area contributed by atoms with Gasteiger partial charge >= 0.3 is 0 Å². The molecule has 2 aromatic heterocycles. The van der Waals surface area contributed by atoms with Crippen LogP contribution in [0, 0.1) is 0 Å². The lowest BCUT2D eigenvalue weighted by molar-refractivity contribution is 0.131. The highest BCUT2D eigenvalue weighted by Gasteiger charge is 2.28. The second kappa shape index (κ2) is 5.19. The van der Waals surface area contributed by atoms with Crippen LogP contribution < -0.4 is 0 Å². The Kier molecular flexibility index (Phi) is 3.40. The maximum Gasteiger partial charge on any atom is 0.117 e. The first-order valence-corrected chi connectivity index (χ1v) is 6.52. The monoisotopic (exact) mass is 261 g/mol. The number of aryl methyl sites for hydroxylation is 1. The van der Waals surface area contributed by atoms with Crippen LogP contribution in [-0.4, -0.2) is 34.9 Å². The van der Waals surface area contributed by atoms with Crippen molar-refractivity contribution in [3.05, 3.63) is 41.6 Å². The minimum absolute atomic E-state index is 0.386. The number of nitrogens with zero attached hydrogens (tertiary/aromatic N) is 3. The number of aromatic nitrogens is 2. The first kappa shape index (κ1) is 12.4. The van der Waals surface area contributed by atoms with E-state index in [0.29, 0.717) is 5.92 Å². The lowest BCUT2D eigenvalue weighted by atomic mass is 9.95. The molecule has 0 aliphatic carbocycles. The van der Waals surface area contributed by atoms with Gasteiger partial charge in [-0.25, -0.2) is 0 Å². The molecule has 0 saturated carbocycles. The molecule has 19 heavy (non-hydrogen) atoms. The highest BCUT2D eigenvalue weighted by molar-refractivity contribution is 5.25. The molecule has 1 atom stereocenters. The average molecular weight is 261 g/mol. The fourth-order valence-corrected chi connectivity index (χ4v) is 2.79. The van der Waals surface area contributed by atoms with Crippen molar-refractivity contribution in [1.29, 1.82) is 0 Å². The fraction of sp³-hybridized carbons (Fsp3) is 0.500. The molecule has 0 unspecified atom stereocenters. The first-order chi connectivity index (χ1) is 9.26. The number of furan rings is 1. The highest BCUT2D eigenvalue weighted by Crippen LogP contribution is 2.28. The Morgan fingerprint density at radius 1 is 1.53 bits per heavy atom. The molecule has 3 rings (SSSR count). The van der Waals surface area contributed by atoms with E-state index in [-0.39, 0.29) is 0 Å². The summed E-state index contributed by atoms with van der Waals surface area (Å²) in [5.74, 6) is 1.38. The summed E-state index contributed by atoms with van der Waals surface area (Å²) in [6.45, 7) is 3.40. The molecule has 2 aromatic rings. The molecule has 102 valence electrons. The minimum Gasteiger partial charge on any atom is -0.468 e. The largest absolute Gasteiger partial charge is 0.468 e. The van der Waals surface area contributed by atoms with Crippen LogP contribution in [-0.2, 0) is 24.9 Å². The Bertz CT molecular complexity index is 533. The van der Waals surface area contributed by atoms with Crippen LogP contribution in [0.3, 0.4) is 0 Å². The Balaban J connectivity index is 1.79. The summed E-state index contributed by atoms with van der Waals surface area (Å²) < 4.78 is 12.7. The van der Waals surface area contributed by atoms with Gasteiger partial charge in [0, 0.05) is 44.9 Å². The minimum atomic E-state index is 0.386. The summed E-state index contributed by atoms with van der Waals surface area (Å²) in [6.07, 6.45) is 3.83. The summed E-state index contributed by atoms with van der Waals surface area (Å²) >= 11 is 0. The van der Waals surface area contributed by atoms with Gasteiger partial charge in [-0.1, -0.05) is 0 Å². The summed E-state index contributed by atoms with van der Waals surface area (Å²) in [4.78, 5) is 2.36. The molecule has 0 spiro atoms. The average Bonchev–Trinajstić information content (AvgIpc) is 2.98. The maximum atomic E-state index is 5.43. The summed E-state index contributed by atoms with van der Waals surface area (Å²) in [5.41, 5.74) is 2.47. The Morgan fingerprint density at radius 2 is 2.42 bits per heavy atom. The molecule has 0 N–H and O–H groups in total. The molecule has 0 fully saturated rings. The molecule has 0 radical (unpaired) electrons. The number of methoxy groups -OCH3 is 1. The molecular formula is C14H19N3O2. The third kappa shape index (κ3) is 2.57. The number of hydrogen-bond acceptors (Lipinski definition) is 4. The standard InChI is InChI=1S/C14H19N3O2/c1-16-8-13-11(10-18-2)6-17(9-14(13)15-16)7-12-4-3-5-19-12/h3-5,8,11H,6-7,9-10H2,1-2H3/t11-/m1/s1. The topological polar surface area (TPSA) is 43.4 Å². The van der Waals surface area contributed by atoms with Gasteiger partial charge in [0.15, 0.2) is 0 Å². The van der Waals surface area contributed by atoms with Crippen molar-refractivity contribution in [2.24, 2.45) is 7.05 Å². The van der Waals surface area contributed by atoms with E-state index < -0.39 is 0 Å². The Morgan fingerprint density at radius 3 is 3.16 bits per heavy atom. The van der Waals surface area contributed by atoms with E-state index in [1.54, 1.807) is 13.4 Å². The van der Waals surface area contributed by atoms with Crippen molar-refractivity contribution >= 4 is 0 Å². The maximum absolute atomic E-state index is 5.43. The summed E-state index contributed by atoms with van der Waals surface area (Å²) in [6, 6.07) is 3.94. The SMILES string of the molecule is COC[C@H]1CN(Cc2ccco2)Cc2nn(C)cc21. The molecule has 5 heteroatoms. The van der Waals surface area contributed by atoms with Gasteiger partial charge in [0.1, 0.15) is 5.76 Å². The van der Waals surface area contributed by atoms with Crippen molar-refractivity contribution in [2.75, 3.05) is 20.3 Å². The summed E-state index contributed by atoms with van der Waals surface area (Å²) in [5, 5.41) is 4.55. The zero-order valence-corrected chi connectivity index (χ0v) is 11.4. The van der Waals surface area contributed by atoms with E-state index in [0.717, 1.165) is 37.7 Å². The van der Waals surface area contributed by atoms with E-state index in [1.807, 2.05) is 23.9 Å². The van der Waals surface area contributed by atoms with Gasteiger partial charge in [-0.05, 0) is 12.1 Å². The van der Waals surface area contributed by atoms with Crippen molar-refractivity contribution in [3.63, 3.8) is 0 Å². The van der Waals surface area contributed by atoms with Gasteiger partial charge in [-0.2, -0.15) is 5.10 Å². The smallest absolute Gasteiger partial charge is 0.117 e. The van der Waals surface area contributed by atoms with Gasteiger partial charge in [0.25, 0.3) is 0 Å². The molecular weight excluding hydrogens is 242 g/mol. The normalized spacial score (nSPS) is 19.6. The lowest BCUT2D eigenvalue weighted by Crippen LogP contribution is -2.34. The van der Waals surface area contributed by atoms with Gasteiger partial charge in [-0.15, -0.1) is 0 Å². The van der Waals surface area contributed by atoms with Gasteiger partial charge in [0.05, 0.1) is 25.1 Å². The van der Waals surface area contributed by atoms with Crippen molar-refractivity contribution in [2.45, 2.75) is 19.0 Å². The van der Waals surface area contributed by atoms with Crippen LogP contribution in [0.15, 0.2) is 29.0 Å². The van der Waals surface area contributed by atoms with Crippen LogP contribution in [0.1, 0.15) is 22.9 Å². The van der Waals surface area contributed by atoms with E-state index in [2.05, 4.69) is 16.2 Å². The van der Waals surface area contributed by atoms with E-state index in [1.165, 1.54) is 5.56 Å². The molecule has 5 nitrogen and oxygen atoms in total. The Labute approximate surface area is 112 Å². The predicted molar refractivity (Wildman–Crippen MR) is 70.6 cm³/mol. The zero-order chi connectivity index (χ0) is 13.2. The van der Waals surface area contributed by atoms with Crippen LogP contribution >= 0.6 is 0 Å². The van der Waals surface area contributed by atoms with E-state index >= 15 is 0 Å². The number of fused-ring (bicyclic) bond motifs is 1. The first-order valence-electron chi connectivity index (χ1n) is 6.52. The molecule has 0 amide bonds. The van der Waals surface area contributed by atoms with Crippen LogP contribution in [0.5, 0.6) is 0 Å². The second-order valence-corrected chi connectivity index (χ2v) is 5.11. The van der Waals surface area contributed by atoms with Crippen molar-refractivity contribution < 1.29 is 9.15 Å². The van der Waals surface area contributed by atoms with Crippen molar-refractivity contribution in [3.8, 4) is 0 Å². The molecule has 0 aromatic carbocycles. The molecule has 3 heterocycles. The summed E-state index contributed by atoms with van der Waals surface area (Å²) in [7, 11) is 3.72. The Hall–Kier alpha value is -1.59. The lowest BCUT2D eigenvalue weighted by Gasteiger charge is -2.31. The van der Waals surface area contributed by atoms with E-state index in [4.69, 9.17) is 9.15 Å². The van der Waals surface area contributed by atoms with Gasteiger partial charge in [0.2, 0.25) is 0 Å². The van der Waals surface area contributed by atoms with Crippen molar-refractivity contribution in [1.82, 2.24) is 14.7 Å². The van der Waals surface area contributed by atoms with Gasteiger partial charge in [-0.3, -0.25) is 9.58 Å². The molecule has 1 aliphatic rings. The zero-order valence-electron chi connectivity index (χ0n) is 11.4. The van der Waals surface area contributed by atoms with Gasteiger partial charge < -0.3 is 9.15 Å². The number of hydrogen-bond donors (Lipinski definition) is 0. The number of ether oxygens (including phenoxy) is 1. The van der Waals surface area contributed by atoms with Crippen LogP contribution in [0.25, 0.3) is 0 Å². The number of rotatable bonds is 4. The predicted octanol–water partition coefficient (Wildman–Crippen LogP) is 1.76. The molecule has 0 saturated heterocycles. The quantitative estimate of drug-likeness (QED) is 0.841. The third-order valence-electron chi connectivity index (χ3n) is 3.56. The van der Waals surface area contributed by atoms with E-state index in [9.17, 15) is 0 Å². The fourth-order valence-electron chi connectivity index (χ4n) is 2.79. The molecule has 1 aliphatic heterocycles. The van der Waals surface area contributed by atoms with Crippen LogP contribution in [0.2, 0.25) is 0 Å². The third-order valence-corrected chi connectivity index (χ3v) is 3.56. The molecule has 0 bridgehead atoms.